The van der Waals surface area contributed by atoms with Crippen LogP contribution in [0, 0.1) is 0 Å². The summed E-state index contributed by atoms with van der Waals surface area (Å²) in [5, 5.41) is 9.00. The fourth-order valence-electron chi connectivity index (χ4n) is 0.785. The third-order valence-corrected chi connectivity index (χ3v) is 2.01. The second kappa shape index (κ2) is 1.45. The van der Waals surface area contributed by atoms with Crippen molar-refractivity contribution < 1.29 is 9.84 Å². The van der Waals surface area contributed by atoms with Gasteiger partial charge in [0.05, 0.1) is 12.2 Å². The van der Waals surface area contributed by atoms with Crippen LogP contribution in [0.15, 0.2) is 0 Å². The van der Waals surface area contributed by atoms with Gasteiger partial charge in [0, 0.05) is 0 Å². The lowest BCUT2D eigenvalue weighted by Crippen LogP contribution is -2.24. The smallest absolute Gasteiger partial charge is 0.117 e. The van der Waals surface area contributed by atoms with E-state index in [0.29, 0.717) is 0 Å². The first kappa shape index (κ1) is 6.05. The Morgan fingerprint density at radius 2 is 2.12 bits per heavy atom. The lowest BCUT2D eigenvalue weighted by atomic mass is 10.0. The molecule has 0 saturated carbocycles. The molecule has 0 aromatic carbocycles. The quantitative estimate of drug-likeness (QED) is 0.507. The Balaban J connectivity index is 2.47. The van der Waals surface area contributed by atoms with Crippen molar-refractivity contribution in [3.63, 3.8) is 0 Å². The molecule has 0 radical (unpaired) electrons. The third-order valence-electron chi connectivity index (χ3n) is 2.01. The van der Waals surface area contributed by atoms with Gasteiger partial charge in [-0.3, -0.25) is 0 Å². The van der Waals surface area contributed by atoms with Crippen LogP contribution in [-0.2, 0) is 4.74 Å². The molecule has 1 saturated heterocycles. The maximum Gasteiger partial charge on any atom is 0.117 e. The zero-order valence-electron chi connectivity index (χ0n) is 5.51. The molecule has 1 aliphatic heterocycles. The van der Waals surface area contributed by atoms with Crippen LogP contribution in [0.3, 0.4) is 0 Å². The van der Waals surface area contributed by atoms with Gasteiger partial charge in [-0.05, 0) is 20.8 Å². The number of hydrogen-bond donors (Lipinski definition) is 1. The van der Waals surface area contributed by atoms with E-state index in [2.05, 4.69) is 0 Å². The Hall–Kier alpha value is -0.0800. The molecule has 3 atom stereocenters. The van der Waals surface area contributed by atoms with Crippen LogP contribution < -0.4 is 0 Å². The third kappa shape index (κ3) is 0.644. The molecule has 0 spiro atoms. The highest BCUT2D eigenvalue weighted by atomic mass is 16.6. The van der Waals surface area contributed by atoms with E-state index >= 15 is 0 Å². The molecular formula is C6H12O2. The number of aliphatic hydroxyl groups excluding tert-OH is 1. The van der Waals surface area contributed by atoms with E-state index < -0.39 is 0 Å². The first-order chi connectivity index (χ1) is 3.57. The van der Waals surface area contributed by atoms with Crippen LogP contribution in [0.5, 0.6) is 0 Å². The molecule has 1 N–H and O–H groups in total. The summed E-state index contributed by atoms with van der Waals surface area (Å²) in [5.74, 6) is 0. The lowest BCUT2D eigenvalue weighted by Gasteiger charge is -2.06. The standard InChI is InChI=1S/C6H12O2/c1-4(7)6(3)5(2)8-6/h4-5,7H,1-3H3/t4?,5-,6-/m1/s1. The van der Waals surface area contributed by atoms with Crippen molar-refractivity contribution in [1.82, 2.24) is 0 Å². The monoisotopic (exact) mass is 116 g/mol. The van der Waals surface area contributed by atoms with Gasteiger partial charge in [-0.2, -0.15) is 0 Å². The SMILES string of the molecule is CC(O)[C@@]1(C)O[C@@H]1C. The molecule has 1 heterocycles. The van der Waals surface area contributed by atoms with Gasteiger partial charge < -0.3 is 9.84 Å². The molecule has 1 unspecified atom stereocenters. The Bertz CT molecular complexity index is 101. The highest BCUT2D eigenvalue weighted by Crippen LogP contribution is 2.38. The Kier molecular flexibility index (Phi) is 1.10. The van der Waals surface area contributed by atoms with E-state index in [9.17, 15) is 0 Å². The summed E-state index contributed by atoms with van der Waals surface area (Å²) in [5.41, 5.74) is -0.236. The van der Waals surface area contributed by atoms with Crippen molar-refractivity contribution >= 4 is 0 Å². The summed E-state index contributed by atoms with van der Waals surface area (Å²) in [7, 11) is 0. The summed E-state index contributed by atoms with van der Waals surface area (Å²) in [6.45, 7) is 5.64. The molecule has 1 aliphatic rings. The minimum atomic E-state index is -0.336. The Labute approximate surface area is 49.5 Å². The Morgan fingerprint density at radius 3 is 2.12 bits per heavy atom. The van der Waals surface area contributed by atoms with Gasteiger partial charge in [0.2, 0.25) is 0 Å². The van der Waals surface area contributed by atoms with Gasteiger partial charge in [-0.1, -0.05) is 0 Å². The summed E-state index contributed by atoms with van der Waals surface area (Å²) < 4.78 is 5.12. The zero-order valence-corrected chi connectivity index (χ0v) is 5.51. The van der Waals surface area contributed by atoms with E-state index in [-0.39, 0.29) is 17.8 Å². The minimum absolute atomic E-state index is 0.236. The summed E-state index contributed by atoms with van der Waals surface area (Å²) >= 11 is 0. The second-order valence-corrected chi connectivity index (χ2v) is 2.62. The van der Waals surface area contributed by atoms with Gasteiger partial charge in [0.25, 0.3) is 0 Å². The number of rotatable bonds is 1. The van der Waals surface area contributed by atoms with Crippen molar-refractivity contribution in [2.45, 2.75) is 38.6 Å². The topological polar surface area (TPSA) is 32.8 Å². The summed E-state index contributed by atoms with van der Waals surface area (Å²) in [6.07, 6.45) is -0.0972. The number of epoxide rings is 1. The number of hydrogen-bond acceptors (Lipinski definition) is 2. The van der Waals surface area contributed by atoms with Gasteiger partial charge in [0.15, 0.2) is 0 Å². The Morgan fingerprint density at radius 1 is 1.75 bits per heavy atom. The molecule has 48 valence electrons. The second-order valence-electron chi connectivity index (χ2n) is 2.62. The van der Waals surface area contributed by atoms with Crippen molar-refractivity contribution in [3.8, 4) is 0 Å². The lowest BCUT2D eigenvalue weighted by molar-refractivity contribution is 0.101. The largest absolute Gasteiger partial charge is 0.390 e. The van der Waals surface area contributed by atoms with E-state index in [4.69, 9.17) is 9.84 Å². The maximum atomic E-state index is 9.00. The zero-order chi connectivity index (χ0) is 6.36. The molecular weight excluding hydrogens is 104 g/mol. The summed E-state index contributed by atoms with van der Waals surface area (Å²) in [6, 6.07) is 0. The van der Waals surface area contributed by atoms with Gasteiger partial charge in [-0.25, -0.2) is 0 Å². The normalized spacial score (nSPS) is 48.8. The first-order valence-corrected chi connectivity index (χ1v) is 2.93. The van der Waals surface area contributed by atoms with Gasteiger partial charge >= 0.3 is 0 Å². The number of aliphatic hydroxyl groups is 1. The van der Waals surface area contributed by atoms with Crippen LogP contribution in [0.1, 0.15) is 20.8 Å². The van der Waals surface area contributed by atoms with E-state index in [1.165, 1.54) is 0 Å². The fraction of sp³-hybridized carbons (Fsp3) is 1.00. The predicted octanol–water partition coefficient (Wildman–Crippen LogP) is 0.545. The van der Waals surface area contributed by atoms with Crippen LogP contribution in [0.4, 0.5) is 0 Å². The predicted molar refractivity (Wildman–Crippen MR) is 30.6 cm³/mol. The van der Waals surface area contributed by atoms with Crippen molar-refractivity contribution in [3.05, 3.63) is 0 Å². The molecule has 1 fully saturated rings. The highest BCUT2D eigenvalue weighted by Gasteiger charge is 2.52. The first-order valence-electron chi connectivity index (χ1n) is 2.93. The van der Waals surface area contributed by atoms with E-state index in [1.807, 2.05) is 13.8 Å². The molecule has 1 rings (SSSR count). The van der Waals surface area contributed by atoms with Gasteiger partial charge in [-0.15, -0.1) is 0 Å². The van der Waals surface area contributed by atoms with Crippen LogP contribution in [0.2, 0.25) is 0 Å². The van der Waals surface area contributed by atoms with Crippen LogP contribution in [0.25, 0.3) is 0 Å². The number of ether oxygens (including phenoxy) is 1. The van der Waals surface area contributed by atoms with Crippen molar-refractivity contribution in [1.29, 1.82) is 0 Å². The molecule has 8 heavy (non-hydrogen) atoms. The maximum absolute atomic E-state index is 9.00. The van der Waals surface area contributed by atoms with Crippen molar-refractivity contribution in [2.24, 2.45) is 0 Å². The average Bonchev–Trinajstić information content (AvgIpc) is 2.17. The minimum Gasteiger partial charge on any atom is -0.390 e. The van der Waals surface area contributed by atoms with E-state index in [1.54, 1.807) is 6.92 Å². The molecule has 0 bridgehead atoms. The molecule has 0 amide bonds. The molecule has 0 aromatic rings. The molecule has 2 nitrogen and oxygen atoms in total. The highest BCUT2D eigenvalue weighted by molar-refractivity contribution is 4.99. The summed E-state index contributed by atoms with van der Waals surface area (Å²) in [4.78, 5) is 0. The fourth-order valence-corrected chi connectivity index (χ4v) is 0.785. The molecule has 0 aliphatic carbocycles. The van der Waals surface area contributed by atoms with E-state index in [0.717, 1.165) is 0 Å². The van der Waals surface area contributed by atoms with Crippen molar-refractivity contribution in [2.75, 3.05) is 0 Å². The van der Waals surface area contributed by atoms with Crippen LogP contribution in [-0.4, -0.2) is 22.9 Å². The van der Waals surface area contributed by atoms with Gasteiger partial charge in [0.1, 0.15) is 5.60 Å². The van der Waals surface area contributed by atoms with Crippen LogP contribution >= 0.6 is 0 Å². The average molecular weight is 116 g/mol. The molecule has 0 aromatic heterocycles. The molecule has 2 heteroatoms.